The van der Waals surface area contributed by atoms with Crippen LogP contribution in [-0.2, 0) is 19.1 Å². The quantitative estimate of drug-likeness (QED) is 0.546. The van der Waals surface area contributed by atoms with Crippen molar-refractivity contribution in [3.63, 3.8) is 0 Å². The number of ether oxygens (including phenoxy) is 2. The maximum absolute atomic E-state index is 11.0. The molecule has 0 aliphatic carbocycles. The zero-order valence-corrected chi connectivity index (χ0v) is 10.6. The summed E-state index contributed by atoms with van der Waals surface area (Å²) < 4.78 is 10.2. The first-order chi connectivity index (χ1) is 7.18. The molecule has 0 aromatic rings. The van der Waals surface area contributed by atoms with Crippen LogP contribution >= 0.6 is 0 Å². The largest absolute Gasteiger partial charge is 0.458 e. The van der Waals surface area contributed by atoms with E-state index < -0.39 is 24.1 Å². The van der Waals surface area contributed by atoms with Gasteiger partial charge >= 0.3 is 11.9 Å². The van der Waals surface area contributed by atoms with Crippen LogP contribution in [0, 0.1) is 5.41 Å². The van der Waals surface area contributed by atoms with Gasteiger partial charge in [0.05, 0.1) is 0 Å². The monoisotopic (exact) mass is 228 g/mol. The first kappa shape index (κ1) is 14.7. The first-order valence-corrected chi connectivity index (χ1v) is 5.15. The van der Waals surface area contributed by atoms with E-state index in [0.29, 0.717) is 0 Å². The maximum atomic E-state index is 11.0. The van der Waals surface area contributed by atoms with Crippen molar-refractivity contribution in [3.05, 3.63) is 12.7 Å². The number of esters is 2. The van der Waals surface area contributed by atoms with E-state index in [2.05, 4.69) is 6.58 Å². The Bertz CT molecular complexity index is 275. The van der Waals surface area contributed by atoms with E-state index >= 15 is 0 Å². The molecule has 0 saturated heterocycles. The molecule has 0 fully saturated rings. The predicted octanol–water partition coefficient (Wildman–Crippen LogP) is 2.08. The number of hydrogen-bond acceptors (Lipinski definition) is 4. The Morgan fingerprint density at radius 3 is 1.81 bits per heavy atom. The van der Waals surface area contributed by atoms with Crippen LogP contribution in [0.5, 0.6) is 0 Å². The van der Waals surface area contributed by atoms with Gasteiger partial charge in [0.15, 0.2) is 6.10 Å². The Balaban J connectivity index is 4.90. The van der Waals surface area contributed by atoms with Crippen LogP contribution in [-0.4, -0.2) is 24.1 Å². The third-order valence-electron chi connectivity index (χ3n) is 1.98. The van der Waals surface area contributed by atoms with Gasteiger partial charge in [-0.05, 0) is 6.08 Å². The number of hydrogen-bond donors (Lipinski definition) is 0. The topological polar surface area (TPSA) is 52.6 Å². The summed E-state index contributed by atoms with van der Waals surface area (Å²) >= 11 is 0. The minimum Gasteiger partial charge on any atom is -0.458 e. The fraction of sp³-hybridized carbons (Fsp3) is 0.667. The highest BCUT2D eigenvalue weighted by atomic mass is 16.6. The average Bonchev–Trinajstić information content (AvgIpc) is 2.08. The van der Waals surface area contributed by atoms with E-state index in [4.69, 9.17) is 9.47 Å². The fourth-order valence-electron chi connectivity index (χ4n) is 1.34. The molecule has 0 aliphatic rings. The highest BCUT2D eigenvalue weighted by Crippen LogP contribution is 2.27. The lowest BCUT2D eigenvalue weighted by molar-refractivity contribution is -0.169. The molecule has 0 radical (unpaired) electrons. The fourth-order valence-corrected chi connectivity index (χ4v) is 1.34. The zero-order valence-electron chi connectivity index (χ0n) is 10.6. The van der Waals surface area contributed by atoms with Gasteiger partial charge in [0, 0.05) is 19.3 Å². The summed E-state index contributed by atoms with van der Waals surface area (Å²) in [7, 11) is 0. The summed E-state index contributed by atoms with van der Waals surface area (Å²) in [4.78, 5) is 21.9. The van der Waals surface area contributed by atoms with Crippen LogP contribution in [0.15, 0.2) is 12.7 Å². The Hall–Kier alpha value is -1.32. The van der Waals surface area contributed by atoms with E-state index in [-0.39, 0.29) is 5.41 Å². The molecule has 0 N–H and O–H groups in total. The average molecular weight is 228 g/mol. The summed E-state index contributed by atoms with van der Waals surface area (Å²) in [5.74, 6) is -0.828. The second-order valence-corrected chi connectivity index (χ2v) is 4.71. The van der Waals surface area contributed by atoms with E-state index in [1.165, 1.54) is 19.9 Å². The normalized spacial score (nSPS) is 14.8. The second-order valence-electron chi connectivity index (χ2n) is 4.71. The number of carbonyl (C=O) groups is 2. The van der Waals surface area contributed by atoms with Crippen LogP contribution in [0.4, 0.5) is 0 Å². The highest BCUT2D eigenvalue weighted by molar-refractivity contribution is 5.67. The minimum atomic E-state index is -0.624. The van der Waals surface area contributed by atoms with Crippen LogP contribution in [0.1, 0.15) is 34.6 Å². The minimum absolute atomic E-state index is 0.333. The Morgan fingerprint density at radius 1 is 1.12 bits per heavy atom. The van der Waals surface area contributed by atoms with Gasteiger partial charge in [-0.1, -0.05) is 27.4 Å². The van der Waals surface area contributed by atoms with Gasteiger partial charge in [0.1, 0.15) is 6.10 Å². The van der Waals surface area contributed by atoms with Crippen LogP contribution in [0.3, 0.4) is 0 Å². The summed E-state index contributed by atoms with van der Waals surface area (Å²) in [6.45, 7) is 11.9. The van der Waals surface area contributed by atoms with E-state index in [0.717, 1.165) is 0 Å². The summed E-state index contributed by atoms with van der Waals surface area (Å²) in [5, 5.41) is 0. The molecule has 16 heavy (non-hydrogen) atoms. The number of rotatable bonds is 4. The lowest BCUT2D eigenvalue weighted by Gasteiger charge is -2.34. The molecule has 4 heteroatoms. The van der Waals surface area contributed by atoms with Gasteiger partial charge in [-0.25, -0.2) is 0 Å². The number of carbonyl (C=O) groups excluding carboxylic acids is 2. The third-order valence-corrected chi connectivity index (χ3v) is 1.98. The Kier molecular flexibility index (Phi) is 5.21. The molecule has 0 saturated carbocycles. The zero-order chi connectivity index (χ0) is 12.9. The van der Waals surface area contributed by atoms with Crippen molar-refractivity contribution in [1.29, 1.82) is 0 Å². The molecule has 92 valence electrons. The van der Waals surface area contributed by atoms with Crippen molar-refractivity contribution in [1.82, 2.24) is 0 Å². The van der Waals surface area contributed by atoms with Crippen molar-refractivity contribution in [2.24, 2.45) is 5.41 Å². The van der Waals surface area contributed by atoms with Crippen molar-refractivity contribution < 1.29 is 19.1 Å². The lowest BCUT2D eigenvalue weighted by Crippen LogP contribution is -2.42. The molecule has 0 aliphatic heterocycles. The Morgan fingerprint density at radius 2 is 1.56 bits per heavy atom. The second kappa shape index (κ2) is 5.68. The summed E-state index contributed by atoms with van der Waals surface area (Å²) in [5.41, 5.74) is -0.333. The molecule has 0 heterocycles. The third kappa shape index (κ3) is 4.96. The van der Waals surface area contributed by atoms with Crippen molar-refractivity contribution in [3.8, 4) is 0 Å². The molecule has 0 unspecified atom stereocenters. The maximum Gasteiger partial charge on any atom is 0.303 e. The molecule has 0 spiro atoms. The predicted molar refractivity (Wildman–Crippen MR) is 60.8 cm³/mol. The molecule has 2 atom stereocenters. The van der Waals surface area contributed by atoms with Crippen LogP contribution in [0.25, 0.3) is 0 Å². The van der Waals surface area contributed by atoms with Gasteiger partial charge in [-0.15, -0.1) is 0 Å². The molecule has 0 bridgehead atoms. The lowest BCUT2D eigenvalue weighted by atomic mass is 9.85. The SMILES string of the molecule is C=C[C@@H](OC(C)=O)[C@H](OC(C)=O)C(C)(C)C. The van der Waals surface area contributed by atoms with E-state index in [1.807, 2.05) is 20.8 Å². The smallest absolute Gasteiger partial charge is 0.303 e. The van der Waals surface area contributed by atoms with E-state index in [1.54, 1.807) is 0 Å². The highest BCUT2D eigenvalue weighted by Gasteiger charge is 2.35. The van der Waals surface area contributed by atoms with Gasteiger partial charge < -0.3 is 9.47 Å². The molecule has 0 aromatic heterocycles. The molecule has 4 nitrogen and oxygen atoms in total. The van der Waals surface area contributed by atoms with Crippen molar-refractivity contribution in [2.45, 2.75) is 46.8 Å². The van der Waals surface area contributed by atoms with Crippen LogP contribution < -0.4 is 0 Å². The van der Waals surface area contributed by atoms with Gasteiger partial charge in [0.25, 0.3) is 0 Å². The molecular formula is C12H20O4. The van der Waals surface area contributed by atoms with Crippen LogP contribution in [0.2, 0.25) is 0 Å². The standard InChI is InChI=1S/C12H20O4/c1-7-10(15-8(2)13)11(12(4,5)6)16-9(3)14/h7,10-11H,1H2,2-6H3/t10-,11+/m1/s1. The van der Waals surface area contributed by atoms with E-state index in [9.17, 15) is 9.59 Å². The molecular weight excluding hydrogens is 208 g/mol. The molecule has 0 amide bonds. The van der Waals surface area contributed by atoms with Gasteiger partial charge in [-0.3, -0.25) is 9.59 Å². The van der Waals surface area contributed by atoms with Gasteiger partial charge in [-0.2, -0.15) is 0 Å². The first-order valence-electron chi connectivity index (χ1n) is 5.15. The summed E-state index contributed by atoms with van der Waals surface area (Å²) in [6, 6.07) is 0. The summed E-state index contributed by atoms with van der Waals surface area (Å²) in [6.07, 6.45) is 0.313. The molecule has 0 aromatic carbocycles. The van der Waals surface area contributed by atoms with Crippen molar-refractivity contribution >= 4 is 11.9 Å². The van der Waals surface area contributed by atoms with Gasteiger partial charge in [0.2, 0.25) is 0 Å². The molecule has 0 rings (SSSR count). The van der Waals surface area contributed by atoms with Crippen molar-refractivity contribution in [2.75, 3.05) is 0 Å². The Labute approximate surface area is 96.6 Å².